The maximum absolute atomic E-state index is 11.4. The van der Waals surface area contributed by atoms with Crippen molar-refractivity contribution in [2.75, 3.05) is 28.8 Å². The first-order valence-corrected chi connectivity index (χ1v) is 10.4. The van der Waals surface area contributed by atoms with Crippen LogP contribution < -0.4 is 0 Å². The van der Waals surface area contributed by atoms with Crippen LogP contribution in [-0.4, -0.2) is 91.2 Å². The van der Waals surface area contributed by atoms with Crippen molar-refractivity contribution in [1.29, 1.82) is 0 Å². The van der Waals surface area contributed by atoms with E-state index < -0.39 is 15.1 Å². The monoisotopic (exact) mass is 304 g/mol. The average Bonchev–Trinajstić information content (AvgIpc) is 2.17. The second kappa shape index (κ2) is 10.2. The number of thiol groups is 1. The van der Waals surface area contributed by atoms with Gasteiger partial charge < -0.3 is 5.11 Å². The molecule has 0 aromatic rings. The summed E-state index contributed by atoms with van der Waals surface area (Å²) in [7, 11) is -1.99. The summed E-state index contributed by atoms with van der Waals surface area (Å²) < 4.78 is 0. The predicted octanol–water partition coefficient (Wildman–Crippen LogP) is 3.14. The molecule has 2 nitrogen and oxygen atoms in total. The van der Waals surface area contributed by atoms with Crippen LogP contribution in [0.2, 0.25) is 0 Å². The molecule has 0 aromatic carbocycles. The first-order valence-electron chi connectivity index (χ1n) is 7.19. The number of carboxylic acid groups (broad SMARTS) is 1. The third kappa shape index (κ3) is 6.27. The molecule has 0 saturated carbocycles. The van der Waals surface area contributed by atoms with E-state index in [0.717, 1.165) is 25.7 Å². The van der Waals surface area contributed by atoms with Crippen molar-refractivity contribution in [2.24, 2.45) is 0 Å². The summed E-state index contributed by atoms with van der Waals surface area (Å²) in [5.74, 6) is 4.67. The van der Waals surface area contributed by atoms with Gasteiger partial charge in [-0.2, -0.15) is 0 Å². The molecule has 0 rings (SSSR count). The van der Waals surface area contributed by atoms with Gasteiger partial charge >= 0.3 is 57.4 Å². The van der Waals surface area contributed by atoms with Gasteiger partial charge in [0.1, 0.15) is 0 Å². The van der Waals surface area contributed by atoms with Crippen molar-refractivity contribution < 1.29 is 9.90 Å². The maximum atomic E-state index is 11.4. The number of carboxylic acids is 1. The van der Waals surface area contributed by atoms with Gasteiger partial charge in [-0.15, -0.1) is 0 Å². The standard InChI is InChI=1S/C14H32O2S.K.H/c1-5-9-17(10-6-2,11-7-3,12-8-4)13-14(15)16;;/h17H,5-13H2,1-4H3,(H,15,16);;. The van der Waals surface area contributed by atoms with Crippen molar-refractivity contribution in [3.05, 3.63) is 0 Å². The third-order valence-corrected chi connectivity index (χ3v) is 12.0. The van der Waals surface area contributed by atoms with Crippen LogP contribution in [0.15, 0.2) is 0 Å². The van der Waals surface area contributed by atoms with Crippen LogP contribution in [-0.2, 0) is 4.79 Å². The average molecular weight is 305 g/mol. The Morgan fingerprint density at radius 1 is 0.833 bits per heavy atom. The molecule has 0 atom stereocenters. The molecule has 108 valence electrons. The fourth-order valence-electron chi connectivity index (χ4n) is 3.90. The zero-order valence-electron chi connectivity index (χ0n) is 12.2. The van der Waals surface area contributed by atoms with Gasteiger partial charge in [0.2, 0.25) is 0 Å². The van der Waals surface area contributed by atoms with E-state index in [0.29, 0.717) is 5.75 Å². The molecule has 1 N–H and O–H groups in total. The van der Waals surface area contributed by atoms with E-state index in [2.05, 4.69) is 27.7 Å². The number of rotatable bonds is 10. The van der Waals surface area contributed by atoms with Crippen LogP contribution in [0.5, 0.6) is 0 Å². The molecule has 0 spiro atoms. The molecule has 0 saturated heterocycles. The second-order valence-electron chi connectivity index (χ2n) is 5.68. The van der Waals surface area contributed by atoms with Gasteiger partial charge in [0.15, 0.2) is 0 Å². The van der Waals surface area contributed by atoms with Gasteiger partial charge in [-0.1, -0.05) is 27.7 Å². The summed E-state index contributed by atoms with van der Waals surface area (Å²) >= 11 is 0. The van der Waals surface area contributed by atoms with E-state index >= 15 is 0 Å². The van der Waals surface area contributed by atoms with Gasteiger partial charge in [-0.25, -0.2) is 0 Å². The van der Waals surface area contributed by atoms with Crippen LogP contribution >= 0.6 is 9.16 Å². The van der Waals surface area contributed by atoms with Gasteiger partial charge in [-0.05, 0) is 48.7 Å². The van der Waals surface area contributed by atoms with Gasteiger partial charge in [0.25, 0.3) is 0 Å². The molecule has 18 heavy (non-hydrogen) atoms. The first-order chi connectivity index (χ1) is 7.97. The molecule has 0 aliphatic carbocycles. The molecule has 0 bridgehead atoms. The summed E-state index contributed by atoms with van der Waals surface area (Å²) in [4.78, 5) is 11.4. The van der Waals surface area contributed by atoms with Gasteiger partial charge in [0, 0.05) is 0 Å². The van der Waals surface area contributed by atoms with E-state index in [4.69, 9.17) is 0 Å². The summed E-state index contributed by atoms with van der Waals surface area (Å²) in [6, 6.07) is 0. The molecule has 0 heterocycles. The van der Waals surface area contributed by atoms with E-state index in [9.17, 15) is 9.90 Å². The Bertz CT molecular complexity index is 208. The SMILES string of the molecule is CCC[SH](CCC)(CCC)(CCC)CC(=O)O.[KH]. The minimum atomic E-state index is -1.99. The van der Waals surface area contributed by atoms with E-state index in [1.54, 1.807) is 0 Å². The van der Waals surface area contributed by atoms with Crippen LogP contribution in [0.1, 0.15) is 53.4 Å². The van der Waals surface area contributed by atoms with E-state index in [-0.39, 0.29) is 51.4 Å². The number of aliphatic carboxylic acids is 1. The molecule has 0 aliphatic heterocycles. The van der Waals surface area contributed by atoms with Crippen molar-refractivity contribution in [1.82, 2.24) is 0 Å². The summed E-state index contributed by atoms with van der Waals surface area (Å²) in [5, 5.41) is 9.35. The Balaban J connectivity index is 0. The molecule has 0 aliphatic rings. The van der Waals surface area contributed by atoms with Crippen LogP contribution in [0.3, 0.4) is 0 Å². The molecule has 0 amide bonds. The molecule has 0 fully saturated rings. The van der Waals surface area contributed by atoms with E-state index in [1.807, 2.05) is 0 Å². The molecular weight excluding hydrogens is 271 g/mol. The quantitative estimate of drug-likeness (QED) is 0.480. The number of hydrogen-bond acceptors (Lipinski definition) is 1. The Kier molecular flexibility index (Phi) is 12.4. The Labute approximate surface area is 156 Å². The second-order valence-corrected chi connectivity index (χ2v) is 12.3. The van der Waals surface area contributed by atoms with Crippen LogP contribution in [0.4, 0.5) is 0 Å². The fraction of sp³-hybridized carbons (Fsp3) is 0.929. The predicted molar refractivity (Wildman–Crippen MR) is 89.3 cm³/mol. The Morgan fingerprint density at radius 3 is 1.28 bits per heavy atom. The topological polar surface area (TPSA) is 37.3 Å². The molecule has 0 aromatic heterocycles. The number of carbonyl (C=O) groups is 1. The van der Waals surface area contributed by atoms with Gasteiger partial charge in [-0.3, -0.25) is 14.0 Å². The zero-order valence-corrected chi connectivity index (χ0v) is 13.1. The summed E-state index contributed by atoms with van der Waals surface area (Å²) in [6.07, 6.45) is 4.58. The summed E-state index contributed by atoms with van der Waals surface area (Å²) in [5.41, 5.74) is 0. The first kappa shape index (κ1) is 21.7. The van der Waals surface area contributed by atoms with Gasteiger partial charge in [0.05, 0.1) is 5.75 Å². The number of hydrogen-bond donors (Lipinski definition) is 2. The molecular formula is C14H33KO2S. The van der Waals surface area contributed by atoms with Crippen molar-refractivity contribution in [2.45, 2.75) is 53.4 Å². The fourth-order valence-corrected chi connectivity index (χ4v) is 11.7. The van der Waals surface area contributed by atoms with Crippen LogP contribution in [0, 0.1) is 0 Å². The Morgan fingerprint density at radius 2 is 1.11 bits per heavy atom. The minimum absolute atomic E-state index is 0. The van der Waals surface area contributed by atoms with Crippen molar-refractivity contribution in [3.63, 3.8) is 0 Å². The zero-order chi connectivity index (χ0) is 13.4. The molecule has 4 heteroatoms. The molecule has 0 radical (unpaired) electrons. The summed E-state index contributed by atoms with van der Waals surface area (Å²) in [6.45, 7) is 8.85. The van der Waals surface area contributed by atoms with Crippen molar-refractivity contribution in [3.8, 4) is 0 Å². The third-order valence-electron chi connectivity index (χ3n) is 4.01. The Hall–Kier alpha value is 1.46. The normalized spacial score (nSPS) is 13.4. The van der Waals surface area contributed by atoms with Crippen molar-refractivity contribution >= 4 is 66.5 Å². The van der Waals surface area contributed by atoms with Crippen LogP contribution in [0.25, 0.3) is 0 Å². The van der Waals surface area contributed by atoms with E-state index in [1.165, 1.54) is 23.0 Å². The molecule has 0 unspecified atom stereocenters.